The number of fused-ring (bicyclic) bond motifs is 3. The number of phenols is 1. The molecule has 3 rings (SSSR count). The maximum atomic E-state index is 12.5. The fraction of sp³-hybridized carbons (Fsp3) is 0.542. The van der Waals surface area contributed by atoms with Gasteiger partial charge in [-0.05, 0) is 41.5 Å². The van der Waals surface area contributed by atoms with E-state index in [0.717, 1.165) is 24.1 Å². The van der Waals surface area contributed by atoms with Gasteiger partial charge in [-0.25, -0.2) is 4.79 Å². The van der Waals surface area contributed by atoms with Gasteiger partial charge in [-0.15, -0.1) is 6.42 Å². The number of rotatable bonds is 7. The van der Waals surface area contributed by atoms with Crippen LogP contribution in [0.1, 0.15) is 69.1 Å². The van der Waals surface area contributed by atoms with Crippen molar-refractivity contribution in [2.75, 3.05) is 13.1 Å². The molecule has 0 fully saturated rings. The van der Waals surface area contributed by atoms with Gasteiger partial charge in [0, 0.05) is 18.7 Å². The number of terminal acetylenes is 1. The molecule has 28 heavy (non-hydrogen) atoms. The maximum absolute atomic E-state index is 12.5. The molecule has 1 aliphatic heterocycles. The van der Waals surface area contributed by atoms with E-state index in [2.05, 4.69) is 31.6 Å². The van der Waals surface area contributed by atoms with Gasteiger partial charge in [-0.3, -0.25) is 4.90 Å². The number of phenolic OH excluding ortho intramolecular Hbond substituents is 1. The lowest BCUT2D eigenvalue weighted by Crippen LogP contribution is -2.33. The third kappa shape index (κ3) is 4.10. The summed E-state index contributed by atoms with van der Waals surface area (Å²) in [5.74, 6) is 3.64. The molecule has 0 bridgehead atoms. The van der Waals surface area contributed by atoms with Gasteiger partial charge in [0.05, 0.1) is 11.9 Å². The summed E-state index contributed by atoms with van der Waals surface area (Å²) in [5.41, 5.74) is 2.75. The molecule has 0 aliphatic carbocycles. The minimum atomic E-state index is -0.289. The first kappa shape index (κ1) is 20.5. The minimum absolute atomic E-state index is 0.197. The highest BCUT2D eigenvalue weighted by Gasteiger charge is 2.25. The smallest absolute Gasteiger partial charge is 0.339 e. The third-order valence-corrected chi connectivity index (χ3v) is 6.24. The number of benzene rings is 1. The Labute approximate surface area is 167 Å². The van der Waals surface area contributed by atoms with Crippen LogP contribution < -0.4 is 5.63 Å². The van der Waals surface area contributed by atoms with Crippen LogP contribution in [-0.2, 0) is 13.0 Å². The summed E-state index contributed by atoms with van der Waals surface area (Å²) in [6.45, 7) is 8.48. The lowest BCUT2D eigenvalue weighted by Gasteiger charge is -2.27. The van der Waals surface area contributed by atoms with Crippen LogP contribution in [-0.4, -0.2) is 23.1 Å². The second-order valence-electron chi connectivity index (χ2n) is 8.19. The van der Waals surface area contributed by atoms with Crippen molar-refractivity contribution in [1.82, 2.24) is 4.90 Å². The van der Waals surface area contributed by atoms with Gasteiger partial charge >= 0.3 is 5.63 Å². The SMILES string of the molecule is C#CCN1CCc2c(c3c(O)cc(C(C)C(C)CCCCC)cc3oc2=O)C1. The predicted molar refractivity (Wildman–Crippen MR) is 114 cm³/mol. The average Bonchev–Trinajstić information content (AvgIpc) is 2.67. The first-order valence-corrected chi connectivity index (χ1v) is 10.4. The zero-order valence-corrected chi connectivity index (χ0v) is 17.3. The van der Waals surface area contributed by atoms with Gasteiger partial charge in [-0.2, -0.15) is 0 Å². The topological polar surface area (TPSA) is 53.7 Å². The van der Waals surface area contributed by atoms with Crippen LogP contribution >= 0.6 is 0 Å². The second kappa shape index (κ2) is 8.84. The van der Waals surface area contributed by atoms with Crippen LogP contribution in [0, 0.1) is 18.3 Å². The minimum Gasteiger partial charge on any atom is -0.507 e. The van der Waals surface area contributed by atoms with Crippen molar-refractivity contribution in [3.63, 3.8) is 0 Å². The molecular formula is C24H31NO3. The van der Waals surface area contributed by atoms with Gasteiger partial charge in [-0.1, -0.05) is 52.4 Å². The summed E-state index contributed by atoms with van der Waals surface area (Å²) in [5, 5.41) is 11.5. The number of unbranched alkanes of at least 4 members (excludes halogenated alkanes) is 2. The Hall–Kier alpha value is -2.25. The van der Waals surface area contributed by atoms with Gasteiger partial charge < -0.3 is 9.52 Å². The molecule has 4 heteroatoms. The molecule has 0 amide bonds. The summed E-state index contributed by atoms with van der Waals surface area (Å²) in [7, 11) is 0. The number of aromatic hydroxyl groups is 1. The fourth-order valence-corrected chi connectivity index (χ4v) is 4.26. The van der Waals surface area contributed by atoms with Crippen LogP contribution in [0.4, 0.5) is 0 Å². The Morgan fingerprint density at radius 2 is 2.07 bits per heavy atom. The zero-order chi connectivity index (χ0) is 20.3. The van der Waals surface area contributed by atoms with Crippen molar-refractivity contribution in [1.29, 1.82) is 0 Å². The Kier molecular flexibility index (Phi) is 6.46. The molecule has 1 aliphatic rings. The summed E-state index contributed by atoms with van der Waals surface area (Å²) in [6.07, 6.45) is 10.9. The van der Waals surface area contributed by atoms with E-state index >= 15 is 0 Å². The molecule has 2 aromatic rings. The molecule has 2 unspecified atom stereocenters. The Morgan fingerprint density at radius 1 is 1.29 bits per heavy atom. The van der Waals surface area contributed by atoms with E-state index in [4.69, 9.17) is 10.8 Å². The van der Waals surface area contributed by atoms with Crippen molar-refractivity contribution in [3.8, 4) is 18.1 Å². The largest absolute Gasteiger partial charge is 0.507 e. The van der Waals surface area contributed by atoms with Crippen LogP contribution in [0.25, 0.3) is 11.0 Å². The van der Waals surface area contributed by atoms with Crippen LogP contribution in [0.3, 0.4) is 0 Å². The molecule has 0 saturated heterocycles. The molecule has 2 atom stereocenters. The van der Waals surface area contributed by atoms with Crippen molar-refractivity contribution in [2.45, 2.75) is 65.3 Å². The fourth-order valence-electron chi connectivity index (χ4n) is 4.26. The van der Waals surface area contributed by atoms with E-state index in [1.807, 2.05) is 12.1 Å². The van der Waals surface area contributed by atoms with Crippen molar-refractivity contribution in [3.05, 3.63) is 39.2 Å². The molecule has 4 nitrogen and oxygen atoms in total. The van der Waals surface area contributed by atoms with Crippen LogP contribution in [0.2, 0.25) is 0 Å². The molecule has 0 spiro atoms. The summed E-state index contributed by atoms with van der Waals surface area (Å²) in [6, 6.07) is 3.79. The summed E-state index contributed by atoms with van der Waals surface area (Å²) in [4.78, 5) is 14.7. The first-order chi connectivity index (χ1) is 13.5. The van der Waals surface area contributed by atoms with Crippen molar-refractivity contribution in [2.24, 2.45) is 5.92 Å². The van der Waals surface area contributed by atoms with Crippen molar-refractivity contribution >= 4 is 11.0 Å². The number of hydrogen-bond donors (Lipinski definition) is 1. The Balaban J connectivity index is 1.98. The van der Waals surface area contributed by atoms with Gasteiger partial charge in [0.25, 0.3) is 0 Å². The quantitative estimate of drug-likeness (QED) is 0.425. The lowest BCUT2D eigenvalue weighted by atomic mass is 9.84. The van der Waals surface area contributed by atoms with E-state index in [-0.39, 0.29) is 17.3 Å². The normalized spacial score (nSPS) is 16.5. The summed E-state index contributed by atoms with van der Waals surface area (Å²) >= 11 is 0. The molecule has 1 N–H and O–H groups in total. The molecule has 150 valence electrons. The monoisotopic (exact) mass is 381 g/mol. The molecule has 1 aromatic heterocycles. The van der Waals surface area contributed by atoms with E-state index in [1.165, 1.54) is 19.3 Å². The molecule has 0 saturated carbocycles. The molecular weight excluding hydrogens is 350 g/mol. The Morgan fingerprint density at radius 3 is 2.79 bits per heavy atom. The van der Waals surface area contributed by atoms with Gasteiger partial charge in [0.2, 0.25) is 0 Å². The summed E-state index contributed by atoms with van der Waals surface area (Å²) < 4.78 is 5.63. The second-order valence-corrected chi connectivity index (χ2v) is 8.19. The standard InChI is InChI=1S/C24H31NO3/c1-5-7-8-9-16(3)17(4)18-13-21(26)23-20-15-25(11-6-2)12-10-19(20)24(27)28-22(23)14-18/h2,13-14,16-17,26H,5,7-12,15H2,1,3-4H3. The number of hydrogen-bond acceptors (Lipinski definition) is 4. The zero-order valence-electron chi connectivity index (χ0n) is 17.3. The maximum Gasteiger partial charge on any atom is 0.339 e. The highest BCUT2D eigenvalue weighted by atomic mass is 16.4. The first-order valence-electron chi connectivity index (χ1n) is 10.4. The van der Waals surface area contributed by atoms with E-state index in [1.54, 1.807) is 0 Å². The van der Waals surface area contributed by atoms with Crippen LogP contribution in [0.15, 0.2) is 21.3 Å². The predicted octanol–water partition coefficient (Wildman–Crippen LogP) is 4.81. The third-order valence-electron chi connectivity index (χ3n) is 6.24. The lowest BCUT2D eigenvalue weighted by molar-refractivity contribution is 0.283. The number of nitrogens with zero attached hydrogens (tertiary/aromatic N) is 1. The molecule has 2 heterocycles. The van der Waals surface area contributed by atoms with Gasteiger partial charge in [0.15, 0.2) is 0 Å². The van der Waals surface area contributed by atoms with E-state index in [9.17, 15) is 9.90 Å². The van der Waals surface area contributed by atoms with Crippen molar-refractivity contribution < 1.29 is 9.52 Å². The van der Waals surface area contributed by atoms with Gasteiger partial charge in [0.1, 0.15) is 11.3 Å². The Bertz CT molecular complexity index is 937. The highest BCUT2D eigenvalue weighted by Crippen LogP contribution is 2.37. The molecule has 0 radical (unpaired) electrons. The highest BCUT2D eigenvalue weighted by molar-refractivity contribution is 5.88. The van der Waals surface area contributed by atoms with E-state index in [0.29, 0.717) is 42.0 Å². The average molecular weight is 382 g/mol. The van der Waals surface area contributed by atoms with Crippen LogP contribution in [0.5, 0.6) is 5.75 Å². The molecule has 1 aromatic carbocycles. The van der Waals surface area contributed by atoms with E-state index < -0.39 is 0 Å².